The molecule has 24 heavy (non-hydrogen) atoms. The van der Waals surface area contributed by atoms with Crippen molar-refractivity contribution in [3.8, 4) is 17.2 Å². The van der Waals surface area contributed by atoms with Gasteiger partial charge in [-0.05, 0) is 24.6 Å². The zero-order valence-corrected chi connectivity index (χ0v) is 13.2. The topological polar surface area (TPSA) is 53.5 Å². The van der Waals surface area contributed by atoms with Gasteiger partial charge in [0.25, 0.3) is 0 Å². The summed E-state index contributed by atoms with van der Waals surface area (Å²) in [4.78, 5) is 7.32. The van der Waals surface area contributed by atoms with Crippen LogP contribution in [0.5, 0.6) is 17.2 Å². The van der Waals surface area contributed by atoms with E-state index in [0.29, 0.717) is 36.0 Å². The van der Waals surface area contributed by atoms with Crippen molar-refractivity contribution >= 4 is 11.8 Å². The Balaban J connectivity index is 1.43. The average molecular weight is 358 g/mol. The number of benzene rings is 1. The second-order valence-corrected chi connectivity index (χ2v) is 5.85. The lowest BCUT2D eigenvalue weighted by atomic mass is 10.3. The minimum absolute atomic E-state index is 0.105. The van der Waals surface area contributed by atoms with Gasteiger partial charge in [0.2, 0.25) is 6.79 Å². The molecule has 0 N–H and O–H groups in total. The first-order valence-electron chi connectivity index (χ1n) is 7.08. The van der Waals surface area contributed by atoms with Crippen LogP contribution in [-0.2, 0) is 6.18 Å². The van der Waals surface area contributed by atoms with Gasteiger partial charge in [-0.15, -0.1) is 0 Å². The SMILES string of the molecule is FC(F)(F)c1ccnc(SCCCOc2ccc3c(c2)OCO3)n1. The molecule has 1 aliphatic heterocycles. The van der Waals surface area contributed by atoms with Crippen molar-refractivity contribution in [1.29, 1.82) is 0 Å². The number of rotatable bonds is 6. The molecule has 0 spiro atoms. The van der Waals surface area contributed by atoms with Crippen molar-refractivity contribution in [1.82, 2.24) is 9.97 Å². The number of fused-ring (bicyclic) bond motifs is 1. The van der Waals surface area contributed by atoms with Crippen LogP contribution in [0.2, 0.25) is 0 Å². The van der Waals surface area contributed by atoms with E-state index in [1.54, 1.807) is 18.2 Å². The van der Waals surface area contributed by atoms with Crippen LogP contribution in [0.1, 0.15) is 12.1 Å². The van der Waals surface area contributed by atoms with Crippen molar-refractivity contribution in [3.05, 3.63) is 36.2 Å². The first-order valence-corrected chi connectivity index (χ1v) is 8.06. The summed E-state index contributed by atoms with van der Waals surface area (Å²) in [5.41, 5.74) is -0.934. The van der Waals surface area contributed by atoms with Gasteiger partial charge in [-0.25, -0.2) is 9.97 Å². The number of nitrogens with zero attached hydrogens (tertiary/aromatic N) is 2. The highest BCUT2D eigenvalue weighted by Crippen LogP contribution is 2.35. The van der Waals surface area contributed by atoms with E-state index in [1.165, 1.54) is 0 Å². The van der Waals surface area contributed by atoms with Crippen LogP contribution in [0, 0.1) is 0 Å². The van der Waals surface area contributed by atoms with Gasteiger partial charge >= 0.3 is 6.18 Å². The quantitative estimate of drug-likeness (QED) is 0.445. The summed E-state index contributed by atoms with van der Waals surface area (Å²) >= 11 is 1.16. The predicted molar refractivity (Wildman–Crippen MR) is 80.4 cm³/mol. The second-order valence-electron chi connectivity index (χ2n) is 4.79. The van der Waals surface area contributed by atoms with Gasteiger partial charge in [-0.2, -0.15) is 13.2 Å². The maximum atomic E-state index is 12.6. The van der Waals surface area contributed by atoms with Gasteiger partial charge in [0, 0.05) is 18.0 Å². The van der Waals surface area contributed by atoms with Crippen LogP contribution >= 0.6 is 11.8 Å². The fraction of sp³-hybridized carbons (Fsp3) is 0.333. The Morgan fingerprint density at radius 1 is 1.17 bits per heavy atom. The molecule has 0 aliphatic carbocycles. The molecular weight excluding hydrogens is 345 g/mol. The maximum absolute atomic E-state index is 12.6. The molecule has 0 atom stereocenters. The molecule has 3 rings (SSSR count). The van der Waals surface area contributed by atoms with Crippen LogP contribution < -0.4 is 14.2 Å². The zero-order chi connectivity index (χ0) is 17.0. The maximum Gasteiger partial charge on any atom is 0.433 e. The Labute approximate surface area is 140 Å². The van der Waals surface area contributed by atoms with E-state index in [4.69, 9.17) is 14.2 Å². The lowest BCUT2D eigenvalue weighted by Gasteiger charge is -2.08. The van der Waals surface area contributed by atoms with Gasteiger partial charge < -0.3 is 14.2 Å². The van der Waals surface area contributed by atoms with Crippen LogP contribution in [0.25, 0.3) is 0 Å². The van der Waals surface area contributed by atoms with E-state index in [1.807, 2.05) is 0 Å². The van der Waals surface area contributed by atoms with Gasteiger partial charge in [0.05, 0.1) is 6.61 Å². The highest BCUT2D eigenvalue weighted by Gasteiger charge is 2.32. The predicted octanol–water partition coefficient (Wildman–Crippen LogP) is 3.79. The first-order chi connectivity index (χ1) is 11.5. The molecular formula is C15H13F3N2O3S. The standard InChI is InChI=1S/C15H13F3N2O3S/c16-15(17,18)13-4-5-19-14(20-13)24-7-1-6-21-10-2-3-11-12(8-10)23-9-22-11/h2-5,8H,1,6-7,9H2. The molecule has 128 valence electrons. The summed E-state index contributed by atoms with van der Waals surface area (Å²) in [6, 6.07) is 6.14. The number of hydrogen-bond acceptors (Lipinski definition) is 6. The van der Waals surface area contributed by atoms with E-state index in [9.17, 15) is 13.2 Å². The van der Waals surface area contributed by atoms with Crippen LogP contribution in [0.4, 0.5) is 13.2 Å². The molecule has 1 aliphatic rings. The molecule has 9 heteroatoms. The molecule has 1 aromatic heterocycles. The van der Waals surface area contributed by atoms with E-state index in [0.717, 1.165) is 24.0 Å². The third kappa shape index (κ3) is 4.22. The molecule has 0 unspecified atom stereocenters. The largest absolute Gasteiger partial charge is 0.493 e. The lowest BCUT2D eigenvalue weighted by Crippen LogP contribution is -2.09. The fourth-order valence-electron chi connectivity index (χ4n) is 1.95. The van der Waals surface area contributed by atoms with E-state index < -0.39 is 11.9 Å². The minimum Gasteiger partial charge on any atom is -0.493 e. The number of aromatic nitrogens is 2. The van der Waals surface area contributed by atoms with Crippen LogP contribution in [0.3, 0.4) is 0 Å². The smallest absolute Gasteiger partial charge is 0.433 e. The van der Waals surface area contributed by atoms with Crippen molar-refractivity contribution in [2.24, 2.45) is 0 Å². The zero-order valence-electron chi connectivity index (χ0n) is 12.4. The molecule has 0 saturated heterocycles. The molecule has 0 bridgehead atoms. The van der Waals surface area contributed by atoms with Crippen molar-refractivity contribution in [2.75, 3.05) is 19.2 Å². The number of hydrogen-bond donors (Lipinski definition) is 0. The summed E-state index contributed by atoms with van der Waals surface area (Å²) < 4.78 is 53.7. The summed E-state index contributed by atoms with van der Waals surface area (Å²) in [6.07, 6.45) is -2.71. The number of thioether (sulfide) groups is 1. The highest BCUT2D eigenvalue weighted by molar-refractivity contribution is 7.99. The second kappa shape index (κ2) is 7.16. The number of ether oxygens (including phenoxy) is 3. The first kappa shape index (κ1) is 16.7. The van der Waals surface area contributed by atoms with Crippen LogP contribution in [0.15, 0.2) is 35.6 Å². The summed E-state index contributed by atoms with van der Waals surface area (Å²) in [5.74, 6) is 2.52. The highest BCUT2D eigenvalue weighted by atomic mass is 32.2. The molecule has 0 amide bonds. The molecule has 2 aromatic rings. The Hall–Kier alpha value is -2.16. The summed E-state index contributed by atoms with van der Waals surface area (Å²) in [7, 11) is 0. The van der Waals surface area contributed by atoms with Crippen molar-refractivity contribution in [2.45, 2.75) is 17.8 Å². The Morgan fingerprint density at radius 3 is 2.83 bits per heavy atom. The average Bonchev–Trinajstić information content (AvgIpc) is 3.02. The molecule has 5 nitrogen and oxygen atoms in total. The Kier molecular flexibility index (Phi) is 4.98. The molecule has 1 aromatic carbocycles. The van der Waals surface area contributed by atoms with Gasteiger partial charge in [0.15, 0.2) is 16.7 Å². The third-order valence-corrected chi connectivity index (χ3v) is 4.00. The minimum atomic E-state index is -4.46. The number of alkyl halides is 3. The van der Waals surface area contributed by atoms with Crippen LogP contribution in [-0.4, -0.2) is 29.1 Å². The number of halogens is 3. The third-order valence-electron chi connectivity index (χ3n) is 3.06. The lowest BCUT2D eigenvalue weighted by molar-refractivity contribution is -0.141. The molecule has 0 radical (unpaired) electrons. The normalized spacial score (nSPS) is 13.1. The van der Waals surface area contributed by atoms with Gasteiger partial charge in [0.1, 0.15) is 11.4 Å². The summed E-state index contributed by atoms with van der Waals surface area (Å²) in [6.45, 7) is 0.623. The van der Waals surface area contributed by atoms with Gasteiger partial charge in [-0.1, -0.05) is 11.8 Å². The Bertz CT molecular complexity index is 713. The van der Waals surface area contributed by atoms with Gasteiger partial charge in [-0.3, -0.25) is 0 Å². The van der Waals surface area contributed by atoms with E-state index in [2.05, 4.69) is 9.97 Å². The van der Waals surface area contributed by atoms with Crippen molar-refractivity contribution < 1.29 is 27.4 Å². The molecule has 0 fully saturated rings. The Morgan fingerprint density at radius 2 is 2.00 bits per heavy atom. The molecule has 2 heterocycles. The fourth-order valence-corrected chi connectivity index (χ4v) is 2.69. The summed E-state index contributed by atoms with van der Waals surface area (Å²) in [5, 5.41) is 0.105. The van der Waals surface area contributed by atoms with Crippen molar-refractivity contribution in [3.63, 3.8) is 0 Å². The van der Waals surface area contributed by atoms with E-state index in [-0.39, 0.29) is 11.9 Å². The molecule has 0 saturated carbocycles. The van der Waals surface area contributed by atoms with E-state index >= 15 is 0 Å². The monoisotopic (exact) mass is 358 g/mol.